The molecule has 25 heavy (non-hydrogen) atoms. The van der Waals surface area contributed by atoms with Crippen LogP contribution in [0.1, 0.15) is 12.5 Å². The van der Waals surface area contributed by atoms with Gasteiger partial charge in [-0.3, -0.25) is 9.36 Å². The van der Waals surface area contributed by atoms with Crippen LogP contribution in [0, 0.1) is 0 Å². The SMILES string of the molecule is C[C@H](Sc1nnc(-c2ccco2)n1Cc1ccccc1)C(=O)N(C)C. The van der Waals surface area contributed by atoms with E-state index in [0.29, 0.717) is 23.3 Å². The van der Waals surface area contributed by atoms with Crippen molar-refractivity contribution in [1.82, 2.24) is 19.7 Å². The first-order valence-electron chi connectivity index (χ1n) is 7.95. The van der Waals surface area contributed by atoms with Gasteiger partial charge < -0.3 is 9.32 Å². The van der Waals surface area contributed by atoms with E-state index in [1.807, 2.05) is 41.8 Å². The third kappa shape index (κ3) is 3.93. The Morgan fingerprint density at radius 3 is 2.60 bits per heavy atom. The third-order valence-electron chi connectivity index (χ3n) is 3.71. The molecule has 1 atom stereocenters. The molecule has 1 aromatic carbocycles. The van der Waals surface area contributed by atoms with Crippen LogP contribution in [-0.4, -0.2) is 44.9 Å². The number of nitrogens with zero attached hydrogens (tertiary/aromatic N) is 4. The Bertz CT molecular complexity index is 828. The van der Waals surface area contributed by atoms with E-state index >= 15 is 0 Å². The summed E-state index contributed by atoms with van der Waals surface area (Å²) in [4.78, 5) is 13.8. The molecular weight excluding hydrogens is 336 g/mol. The minimum atomic E-state index is -0.252. The number of aromatic nitrogens is 3. The molecule has 0 aliphatic rings. The maximum absolute atomic E-state index is 12.2. The van der Waals surface area contributed by atoms with Crippen LogP contribution >= 0.6 is 11.8 Å². The van der Waals surface area contributed by atoms with Gasteiger partial charge in [0.05, 0.1) is 18.1 Å². The van der Waals surface area contributed by atoms with Crippen LogP contribution in [0.5, 0.6) is 0 Å². The van der Waals surface area contributed by atoms with Crippen LogP contribution in [0.25, 0.3) is 11.6 Å². The lowest BCUT2D eigenvalue weighted by Gasteiger charge is -2.16. The van der Waals surface area contributed by atoms with Gasteiger partial charge >= 0.3 is 0 Å². The quantitative estimate of drug-likeness (QED) is 0.635. The number of hydrogen-bond donors (Lipinski definition) is 0. The fourth-order valence-corrected chi connectivity index (χ4v) is 3.44. The highest BCUT2D eigenvalue weighted by molar-refractivity contribution is 8.00. The summed E-state index contributed by atoms with van der Waals surface area (Å²) in [6.45, 7) is 2.48. The second-order valence-electron chi connectivity index (χ2n) is 5.85. The molecule has 0 bridgehead atoms. The largest absolute Gasteiger partial charge is 0.461 e. The number of thioether (sulfide) groups is 1. The molecule has 0 spiro atoms. The molecule has 6 nitrogen and oxygen atoms in total. The molecule has 2 aromatic heterocycles. The van der Waals surface area contributed by atoms with Gasteiger partial charge in [-0.2, -0.15) is 0 Å². The minimum absolute atomic E-state index is 0.0406. The molecule has 3 aromatic rings. The van der Waals surface area contributed by atoms with Gasteiger partial charge in [0, 0.05) is 14.1 Å². The molecule has 0 fully saturated rings. The van der Waals surface area contributed by atoms with Crippen LogP contribution in [0.2, 0.25) is 0 Å². The summed E-state index contributed by atoms with van der Waals surface area (Å²) < 4.78 is 7.48. The van der Waals surface area contributed by atoms with E-state index in [0.717, 1.165) is 5.56 Å². The summed E-state index contributed by atoms with van der Waals surface area (Å²) in [7, 11) is 3.50. The van der Waals surface area contributed by atoms with Gasteiger partial charge in [0.1, 0.15) is 0 Å². The summed E-state index contributed by atoms with van der Waals surface area (Å²) in [6.07, 6.45) is 1.61. The zero-order valence-corrected chi connectivity index (χ0v) is 15.2. The van der Waals surface area contributed by atoms with Gasteiger partial charge in [-0.1, -0.05) is 42.1 Å². The lowest BCUT2D eigenvalue weighted by atomic mass is 10.2. The Hall–Kier alpha value is -2.54. The molecule has 130 valence electrons. The summed E-state index contributed by atoms with van der Waals surface area (Å²) >= 11 is 1.40. The van der Waals surface area contributed by atoms with Gasteiger partial charge in [0.2, 0.25) is 11.7 Å². The van der Waals surface area contributed by atoms with E-state index in [1.165, 1.54) is 11.8 Å². The molecule has 7 heteroatoms. The van der Waals surface area contributed by atoms with Crippen molar-refractivity contribution in [3.8, 4) is 11.6 Å². The molecule has 0 aliphatic heterocycles. The minimum Gasteiger partial charge on any atom is -0.461 e. The maximum Gasteiger partial charge on any atom is 0.235 e. The second-order valence-corrected chi connectivity index (χ2v) is 7.16. The molecule has 0 saturated heterocycles. The zero-order valence-electron chi connectivity index (χ0n) is 14.4. The van der Waals surface area contributed by atoms with Crippen molar-refractivity contribution in [2.24, 2.45) is 0 Å². The van der Waals surface area contributed by atoms with Crippen molar-refractivity contribution >= 4 is 17.7 Å². The highest BCUT2D eigenvalue weighted by atomic mass is 32.2. The molecule has 0 aliphatic carbocycles. The van der Waals surface area contributed by atoms with Gasteiger partial charge in [-0.05, 0) is 24.6 Å². The molecule has 0 radical (unpaired) electrons. The Balaban J connectivity index is 1.94. The van der Waals surface area contributed by atoms with Crippen LogP contribution in [0.15, 0.2) is 58.3 Å². The lowest BCUT2D eigenvalue weighted by Crippen LogP contribution is -2.29. The van der Waals surface area contributed by atoms with E-state index < -0.39 is 0 Å². The van der Waals surface area contributed by atoms with E-state index in [4.69, 9.17) is 4.42 Å². The summed E-state index contributed by atoms with van der Waals surface area (Å²) in [5, 5.41) is 9.02. The third-order valence-corrected chi connectivity index (χ3v) is 4.78. The van der Waals surface area contributed by atoms with Crippen LogP contribution < -0.4 is 0 Å². The number of carbonyl (C=O) groups is 1. The lowest BCUT2D eigenvalue weighted by molar-refractivity contribution is -0.127. The molecule has 0 N–H and O–H groups in total. The van der Waals surface area contributed by atoms with Crippen molar-refractivity contribution in [1.29, 1.82) is 0 Å². The predicted octanol–water partition coefficient (Wildman–Crippen LogP) is 3.16. The topological polar surface area (TPSA) is 64.2 Å². The standard InChI is InChI=1S/C18H20N4O2S/c1-13(17(23)21(2)3)25-18-20-19-16(15-10-7-11-24-15)22(18)12-14-8-5-4-6-9-14/h4-11,13H,12H2,1-3H3/t13-/m0/s1. The molecule has 2 heterocycles. The Morgan fingerprint density at radius 1 is 1.20 bits per heavy atom. The number of hydrogen-bond acceptors (Lipinski definition) is 5. The fraction of sp³-hybridized carbons (Fsp3) is 0.278. The van der Waals surface area contributed by atoms with Gasteiger partial charge in [0.15, 0.2) is 10.9 Å². The predicted molar refractivity (Wildman–Crippen MR) is 97.3 cm³/mol. The highest BCUT2D eigenvalue weighted by Gasteiger charge is 2.22. The van der Waals surface area contributed by atoms with Crippen molar-refractivity contribution in [2.45, 2.75) is 23.9 Å². The summed E-state index contributed by atoms with van der Waals surface area (Å²) in [5.41, 5.74) is 1.13. The van der Waals surface area contributed by atoms with Gasteiger partial charge in [0.25, 0.3) is 0 Å². The average Bonchev–Trinajstić information content (AvgIpc) is 3.25. The maximum atomic E-state index is 12.2. The first-order valence-corrected chi connectivity index (χ1v) is 8.83. The van der Waals surface area contributed by atoms with Crippen molar-refractivity contribution in [2.75, 3.05) is 14.1 Å². The van der Waals surface area contributed by atoms with Crippen molar-refractivity contribution < 1.29 is 9.21 Å². The number of carbonyl (C=O) groups excluding carboxylic acids is 1. The van der Waals surface area contributed by atoms with Crippen molar-refractivity contribution in [3.05, 3.63) is 54.3 Å². The highest BCUT2D eigenvalue weighted by Crippen LogP contribution is 2.28. The van der Waals surface area contributed by atoms with E-state index in [1.54, 1.807) is 25.3 Å². The van der Waals surface area contributed by atoms with Crippen LogP contribution in [0.4, 0.5) is 0 Å². The monoisotopic (exact) mass is 356 g/mol. The molecule has 0 saturated carbocycles. The van der Waals surface area contributed by atoms with Crippen molar-refractivity contribution in [3.63, 3.8) is 0 Å². The summed E-state index contributed by atoms with van der Waals surface area (Å²) in [5.74, 6) is 1.35. The van der Waals surface area contributed by atoms with E-state index in [-0.39, 0.29) is 11.2 Å². The summed E-state index contributed by atoms with van der Waals surface area (Å²) in [6, 6.07) is 13.8. The smallest absolute Gasteiger partial charge is 0.235 e. The normalized spacial score (nSPS) is 12.1. The Morgan fingerprint density at radius 2 is 1.96 bits per heavy atom. The number of rotatable bonds is 6. The number of furan rings is 1. The number of benzene rings is 1. The molecular formula is C18H20N4O2S. The van der Waals surface area contributed by atoms with Crippen LogP contribution in [-0.2, 0) is 11.3 Å². The molecule has 1 amide bonds. The zero-order chi connectivity index (χ0) is 17.8. The van der Waals surface area contributed by atoms with E-state index in [2.05, 4.69) is 22.3 Å². The Labute approximate surface area is 150 Å². The average molecular weight is 356 g/mol. The molecule has 3 rings (SSSR count). The first kappa shape index (κ1) is 17.3. The fourth-order valence-electron chi connectivity index (χ4n) is 2.44. The van der Waals surface area contributed by atoms with Crippen LogP contribution in [0.3, 0.4) is 0 Å². The van der Waals surface area contributed by atoms with Gasteiger partial charge in [-0.25, -0.2) is 0 Å². The number of amides is 1. The first-order chi connectivity index (χ1) is 12.1. The Kier molecular flexibility index (Phi) is 5.23. The van der Waals surface area contributed by atoms with Gasteiger partial charge in [-0.15, -0.1) is 10.2 Å². The van der Waals surface area contributed by atoms with E-state index in [9.17, 15) is 4.79 Å². The second kappa shape index (κ2) is 7.57. The molecule has 0 unspecified atom stereocenters.